The Morgan fingerprint density at radius 3 is 3.12 bits per heavy atom. The van der Waals surface area contributed by atoms with Gasteiger partial charge in [-0.2, -0.15) is 0 Å². The first kappa shape index (κ1) is 10.9. The van der Waals surface area contributed by atoms with Crippen molar-refractivity contribution in [2.75, 3.05) is 18.1 Å². The minimum absolute atomic E-state index is 0.00264. The predicted octanol–water partition coefficient (Wildman–Crippen LogP) is 0.289. The van der Waals surface area contributed by atoms with Gasteiger partial charge in [-0.1, -0.05) is 0 Å². The van der Waals surface area contributed by atoms with E-state index in [4.69, 9.17) is 0 Å². The average Bonchev–Trinajstić information content (AvgIpc) is 2.82. The van der Waals surface area contributed by atoms with Gasteiger partial charge in [-0.25, -0.2) is 0 Å². The molecule has 0 spiro atoms. The molecule has 7 nitrogen and oxygen atoms in total. The Morgan fingerprint density at radius 2 is 2.50 bits per heavy atom. The van der Waals surface area contributed by atoms with Gasteiger partial charge in [0, 0.05) is 13.6 Å². The highest BCUT2D eigenvalue weighted by atomic mass is 16.6. The Kier molecular flexibility index (Phi) is 2.78. The van der Waals surface area contributed by atoms with E-state index in [1.165, 1.54) is 10.9 Å². The molecule has 1 aliphatic heterocycles. The van der Waals surface area contributed by atoms with Gasteiger partial charge in [-0.15, -0.1) is 5.10 Å². The summed E-state index contributed by atoms with van der Waals surface area (Å²) in [5, 5.41) is 24.1. The first-order valence-corrected chi connectivity index (χ1v) is 5.19. The number of aliphatic hydroxyl groups excluding tert-OH is 1. The number of aryl methyl sites for hydroxylation is 1. The van der Waals surface area contributed by atoms with E-state index < -0.39 is 4.92 Å². The number of nitro groups is 1. The van der Waals surface area contributed by atoms with Crippen LogP contribution in [0.5, 0.6) is 0 Å². The van der Waals surface area contributed by atoms with E-state index in [-0.39, 0.29) is 18.3 Å². The minimum atomic E-state index is -0.435. The monoisotopic (exact) mass is 226 g/mol. The number of hydrogen-bond donors (Lipinski definition) is 1. The van der Waals surface area contributed by atoms with E-state index in [0.29, 0.717) is 12.4 Å². The summed E-state index contributed by atoms with van der Waals surface area (Å²) in [6, 6.07) is -0.0476. The van der Waals surface area contributed by atoms with Gasteiger partial charge in [-0.3, -0.25) is 14.8 Å². The fourth-order valence-corrected chi connectivity index (χ4v) is 2.10. The lowest BCUT2D eigenvalue weighted by atomic mass is 10.2. The van der Waals surface area contributed by atoms with Crippen LogP contribution in [0.2, 0.25) is 0 Å². The van der Waals surface area contributed by atoms with Crippen molar-refractivity contribution < 1.29 is 10.0 Å². The van der Waals surface area contributed by atoms with Gasteiger partial charge >= 0.3 is 5.69 Å². The van der Waals surface area contributed by atoms with Crippen molar-refractivity contribution in [2.24, 2.45) is 7.05 Å². The number of anilines is 1. The molecule has 1 saturated heterocycles. The second kappa shape index (κ2) is 4.09. The molecule has 1 fully saturated rings. The highest BCUT2D eigenvalue weighted by Gasteiger charge is 2.31. The number of hydrogen-bond acceptors (Lipinski definition) is 5. The van der Waals surface area contributed by atoms with E-state index in [9.17, 15) is 15.2 Å². The zero-order valence-corrected chi connectivity index (χ0v) is 9.04. The molecule has 16 heavy (non-hydrogen) atoms. The molecule has 2 rings (SSSR count). The minimum Gasteiger partial charge on any atom is -0.394 e. The molecule has 0 bridgehead atoms. The smallest absolute Gasteiger partial charge is 0.330 e. The Balaban J connectivity index is 2.35. The van der Waals surface area contributed by atoms with Crippen LogP contribution in [-0.4, -0.2) is 39.0 Å². The van der Waals surface area contributed by atoms with E-state index in [1.807, 2.05) is 4.90 Å². The SMILES string of the molecule is Cn1cc([N+](=O)[O-])c(N2CCCC2CO)n1. The summed E-state index contributed by atoms with van der Waals surface area (Å²) in [5.41, 5.74) is 0.00264. The van der Waals surface area contributed by atoms with E-state index >= 15 is 0 Å². The maximum absolute atomic E-state index is 10.8. The first-order valence-electron chi connectivity index (χ1n) is 5.19. The van der Waals surface area contributed by atoms with Crippen molar-refractivity contribution in [1.29, 1.82) is 0 Å². The van der Waals surface area contributed by atoms with Crippen molar-refractivity contribution in [3.8, 4) is 0 Å². The third-order valence-corrected chi connectivity index (χ3v) is 2.85. The third kappa shape index (κ3) is 1.73. The molecular weight excluding hydrogens is 212 g/mol. The first-order chi connectivity index (χ1) is 7.63. The second-order valence-corrected chi connectivity index (χ2v) is 3.94. The second-order valence-electron chi connectivity index (χ2n) is 3.94. The van der Waals surface area contributed by atoms with Crippen molar-refractivity contribution >= 4 is 11.5 Å². The number of nitrogens with zero attached hydrogens (tertiary/aromatic N) is 4. The predicted molar refractivity (Wildman–Crippen MR) is 57.3 cm³/mol. The van der Waals surface area contributed by atoms with Crippen LogP contribution in [0.3, 0.4) is 0 Å². The quantitative estimate of drug-likeness (QED) is 0.591. The van der Waals surface area contributed by atoms with E-state index in [0.717, 1.165) is 12.8 Å². The van der Waals surface area contributed by atoms with Crippen molar-refractivity contribution in [3.05, 3.63) is 16.3 Å². The number of aliphatic hydroxyl groups is 1. The lowest BCUT2D eigenvalue weighted by molar-refractivity contribution is -0.384. The van der Waals surface area contributed by atoms with Crippen molar-refractivity contribution in [2.45, 2.75) is 18.9 Å². The largest absolute Gasteiger partial charge is 0.394 e. The lowest BCUT2D eigenvalue weighted by Crippen LogP contribution is -2.32. The zero-order valence-electron chi connectivity index (χ0n) is 9.04. The van der Waals surface area contributed by atoms with Crippen LogP contribution in [-0.2, 0) is 7.05 Å². The van der Waals surface area contributed by atoms with Gasteiger partial charge in [0.25, 0.3) is 0 Å². The summed E-state index contributed by atoms with van der Waals surface area (Å²) in [5.74, 6) is 0.365. The molecule has 0 aromatic carbocycles. The van der Waals surface area contributed by atoms with Crippen LogP contribution < -0.4 is 4.90 Å². The molecule has 0 aliphatic carbocycles. The van der Waals surface area contributed by atoms with Crippen molar-refractivity contribution in [1.82, 2.24) is 9.78 Å². The van der Waals surface area contributed by atoms with Gasteiger partial charge in [0.05, 0.1) is 17.6 Å². The normalized spacial score (nSPS) is 20.4. The fourth-order valence-electron chi connectivity index (χ4n) is 2.10. The Morgan fingerprint density at radius 1 is 1.75 bits per heavy atom. The van der Waals surface area contributed by atoms with Crippen LogP contribution >= 0.6 is 0 Å². The summed E-state index contributed by atoms with van der Waals surface area (Å²) in [7, 11) is 1.65. The molecule has 88 valence electrons. The number of rotatable bonds is 3. The molecule has 0 saturated carbocycles. The molecular formula is C9H14N4O3. The molecule has 7 heteroatoms. The highest BCUT2D eigenvalue weighted by Crippen LogP contribution is 2.31. The van der Waals surface area contributed by atoms with Gasteiger partial charge in [0.2, 0.25) is 5.82 Å². The Bertz CT molecular complexity index is 403. The van der Waals surface area contributed by atoms with Crippen LogP contribution in [0.25, 0.3) is 0 Å². The van der Waals surface area contributed by atoms with E-state index in [2.05, 4.69) is 5.10 Å². The molecule has 1 aromatic rings. The van der Waals surface area contributed by atoms with Gasteiger partial charge in [-0.05, 0) is 12.8 Å². The van der Waals surface area contributed by atoms with Gasteiger partial charge < -0.3 is 10.0 Å². The van der Waals surface area contributed by atoms with Crippen LogP contribution in [0.15, 0.2) is 6.20 Å². The standard InChI is InChI=1S/C9H14N4O3/c1-11-5-8(13(15)16)9(10-11)12-4-2-3-7(12)6-14/h5,7,14H,2-4,6H2,1H3. The Labute approximate surface area is 92.4 Å². The number of aromatic nitrogens is 2. The molecule has 1 atom stereocenters. The topological polar surface area (TPSA) is 84.4 Å². The molecule has 0 radical (unpaired) electrons. The highest BCUT2D eigenvalue weighted by molar-refractivity contribution is 5.58. The molecule has 1 unspecified atom stereocenters. The average molecular weight is 226 g/mol. The maximum Gasteiger partial charge on any atom is 0.330 e. The molecule has 1 aliphatic rings. The zero-order chi connectivity index (χ0) is 11.7. The summed E-state index contributed by atoms with van der Waals surface area (Å²) in [6.45, 7) is 0.719. The maximum atomic E-state index is 10.8. The Hall–Kier alpha value is -1.63. The summed E-state index contributed by atoms with van der Waals surface area (Å²) in [4.78, 5) is 12.2. The van der Waals surface area contributed by atoms with Gasteiger partial charge in [0.1, 0.15) is 6.20 Å². The molecule has 2 heterocycles. The summed E-state index contributed by atoms with van der Waals surface area (Å²) in [6.07, 6.45) is 3.17. The van der Waals surface area contributed by atoms with Crippen LogP contribution in [0.4, 0.5) is 11.5 Å². The van der Waals surface area contributed by atoms with Crippen molar-refractivity contribution in [3.63, 3.8) is 0 Å². The molecule has 1 aromatic heterocycles. The fraction of sp³-hybridized carbons (Fsp3) is 0.667. The summed E-state index contributed by atoms with van der Waals surface area (Å²) >= 11 is 0. The van der Waals surface area contributed by atoms with Crippen LogP contribution in [0, 0.1) is 10.1 Å². The van der Waals surface area contributed by atoms with Gasteiger partial charge in [0.15, 0.2) is 0 Å². The summed E-state index contributed by atoms with van der Waals surface area (Å²) < 4.78 is 1.43. The molecule has 1 N–H and O–H groups in total. The van der Waals surface area contributed by atoms with Crippen LogP contribution in [0.1, 0.15) is 12.8 Å². The van der Waals surface area contributed by atoms with E-state index in [1.54, 1.807) is 7.05 Å². The third-order valence-electron chi connectivity index (χ3n) is 2.85. The lowest BCUT2D eigenvalue weighted by Gasteiger charge is -2.21. The molecule has 0 amide bonds.